The highest BCUT2D eigenvalue weighted by Crippen LogP contribution is 2.30. The van der Waals surface area contributed by atoms with Gasteiger partial charge in [-0.25, -0.2) is 9.78 Å². The van der Waals surface area contributed by atoms with Crippen molar-refractivity contribution >= 4 is 17.0 Å². The van der Waals surface area contributed by atoms with Gasteiger partial charge in [0.1, 0.15) is 0 Å². The van der Waals surface area contributed by atoms with Crippen LogP contribution in [0.3, 0.4) is 0 Å². The largest absolute Gasteiger partial charge is 0.478 e. The Morgan fingerprint density at radius 2 is 2.16 bits per heavy atom. The van der Waals surface area contributed by atoms with Crippen LogP contribution in [0.2, 0.25) is 0 Å². The van der Waals surface area contributed by atoms with E-state index in [1.54, 1.807) is 6.07 Å². The van der Waals surface area contributed by atoms with Gasteiger partial charge in [-0.2, -0.15) is 13.2 Å². The molecular weight excluding hydrogens is 261 g/mol. The lowest BCUT2D eigenvalue weighted by Crippen LogP contribution is -2.16. The molecule has 0 aliphatic rings. The van der Waals surface area contributed by atoms with E-state index >= 15 is 0 Å². The van der Waals surface area contributed by atoms with E-state index in [-0.39, 0.29) is 11.1 Å². The fourth-order valence-corrected chi connectivity index (χ4v) is 2.03. The fraction of sp³-hybridized carbons (Fsp3) is 0.333. The van der Waals surface area contributed by atoms with Crippen LogP contribution in [0.25, 0.3) is 11.0 Å². The smallest absolute Gasteiger partial charge is 0.391 e. The Morgan fingerprint density at radius 1 is 1.47 bits per heavy atom. The monoisotopic (exact) mass is 272 g/mol. The molecule has 0 spiro atoms. The van der Waals surface area contributed by atoms with Crippen LogP contribution in [0, 0.1) is 0 Å². The first-order valence-corrected chi connectivity index (χ1v) is 5.55. The van der Waals surface area contributed by atoms with Gasteiger partial charge in [0.25, 0.3) is 0 Å². The van der Waals surface area contributed by atoms with Crippen LogP contribution in [0.4, 0.5) is 13.2 Å². The Morgan fingerprint density at radius 3 is 2.74 bits per heavy atom. The number of fused-ring (bicyclic) bond motifs is 1. The summed E-state index contributed by atoms with van der Waals surface area (Å²) in [6.45, 7) is 1.38. The van der Waals surface area contributed by atoms with Crippen molar-refractivity contribution in [2.75, 3.05) is 0 Å². The first-order valence-electron chi connectivity index (χ1n) is 5.55. The lowest BCUT2D eigenvalue weighted by Gasteiger charge is -2.17. The molecule has 0 bridgehead atoms. The number of carboxylic acid groups (broad SMARTS) is 1. The summed E-state index contributed by atoms with van der Waals surface area (Å²) in [5.74, 6) is -1.19. The zero-order valence-electron chi connectivity index (χ0n) is 9.98. The third-order valence-corrected chi connectivity index (χ3v) is 2.83. The summed E-state index contributed by atoms with van der Waals surface area (Å²) < 4.78 is 38.5. The number of para-hydroxylation sites is 1. The van der Waals surface area contributed by atoms with E-state index in [1.807, 2.05) is 0 Å². The Labute approximate surface area is 106 Å². The molecule has 102 valence electrons. The van der Waals surface area contributed by atoms with E-state index in [9.17, 15) is 18.0 Å². The van der Waals surface area contributed by atoms with Crippen LogP contribution >= 0.6 is 0 Å². The standard InChI is InChI=1S/C12H11F3N2O2/c1-7(5-12(13,14)15)17-6-16-9-4-2-3-8(10(9)17)11(18)19/h2-4,6-7H,5H2,1H3,(H,18,19). The van der Waals surface area contributed by atoms with Gasteiger partial charge in [0, 0.05) is 6.04 Å². The van der Waals surface area contributed by atoms with Crippen molar-refractivity contribution in [1.82, 2.24) is 9.55 Å². The van der Waals surface area contributed by atoms with Gasteiger partial charge in [0.15, 0.2) is 0 Å². The number of rotatable bonds is 3. The number of aromatic carboxylic acids is 1. The third kappa shape index (κ3) is 2.69. The second kappa shape index (κ2) is 4.56. The predicted octanol–water partition coefficient (Wildman–Crippen LogP) is 3.25. The normalized spacial score (nSPS) is 13.7. The van der Waals surface area contributed by atoms with Crippen molar-refractivity contribution in [3.8, 4) is 0 Å². The first-order chi connectivity index (χ1) is 8.79. The summed E-state index contributed by atoms with van der Waals surface area (Å²) in [4.78, 5) is 15.1. The molecule has 1 heterocycles. The van der Waals surface area contributed by atoms with Gasteiger partial charge >= 0.3 is 12.1 Å². The zero-order chi connectivity index (χ0) is 14.2. The van der Waals surface area contributed by atoms with Gasteiger partial charge in [-0.1, -0.05) is 6.07 Å². The molecule has 0 radical (unpaired) electrons. The summed E-state index contributed by atoms with van der Waals surface area (Å²) >= 11 is 0. The molecule has 7 heteroatoms. The van der Waals surface area contributed by atoms with E-state index in [1.165, 1.54) is 30.0 Å². The van der Waals surface area contributed by atoms with Gasteiger partial charge in [-0.05, 0) is 19.1 Å². The quantitative estimate of drug-likeness (QED) is 0.933. The maximum Gasteiger partial charge on any atom is 0.391 e. The van der Waals surface area contributed by atoms with Crippen molar-refractivity contribution in [3.05, 3.63) is 30.1 Å². The number of halogens is 3. The summed E-state index contributed by atoms with van der Waals surface area (Å²) in [7, 11) is 0. The molecule has 0 saturated heterocycles. The van der Waals surface area contributed by atoms with Crippen molar-refractivity contribution in [1.29, 1.82) is 0 Å². The molecule has 0 fully saturated rings. The van der Waals surface area contributed by atoms with Gasteiger partial charge < -0.3 is 9.67 Å². The van der Waals surface area contributed by atoms with Crippen LogP contribution in [-0.4, -0.2) is 26.8 Å². The maximum absolute atomic E-state index is 12.4. The summed E-state index contributed by atoms with van der Waals surface area (Å²) in [6.07, 6.45) is -4.10. The topological polar surface area (TPSA) is 55.1 Å². The molecule has 2 rings (SSSR count). The summed E-state index contributed by atoms with van der Waals surface area (Å²) in [5, 5.41) is 9.08. The molecule has 0 aliphatic heterocycles. The predicted molar refractivity (Wildman–Crippen MR) is 62.1 cm³/mol. The average molecular weight is 272 g/mol. The highest BCUT2D eigenvalue weighted by molar-refractivity contribution is 6.01. The van der Waals surface area contributed by atoms with Crippen molar-refractivity contribution in [2.45, 2.75) is 25.6 Å². The number of aromatic nitrogens is 2. The van der Waals surface area contributed by atoms with E-state index in [0.717, 1.165) is 0 Å². The SMILES string of the molecule is CC(CC(F)(F)F)n1cnc2cccc(C(=O)O)c21. The number of carbonyl (C=O) groups is 1. The highest BCUT2D eigenvalue weighted by atomic mass is 19.4. The molecule has 1 unspecified atom stereocenters. The molecule has 1 N–H and O–H groups in total. The summed E-state index contributed by atoms with van der Waals surface area (Å²) in [6, 6.07) is 3.52. The molecule has 19 heavy (non-hydrogen) atoms. The second-order valence-electron chi connectivity index (χ2n) is 4.30. The Balaban J connectivity index is 2.52. The minimum absolute atomic E-state index is 0.0518. The van der Waals surface area contributed by atoms with E-state index in [2.05, 4.69) is 4.98 Å². The number of nitrogens with zero attached hydrogens (tertiary/aromatic N) is 2. The summed E-state index contributed by atoms with van der Waals surface area (Å²) in [5.41, 5.74) is 0.532. The molecule has 1 aromatic carbocycles. The molecule has 2 aromatic rings. The number of carboxylic acids is 1. The Kier molecular flexibility index (Phi) is 3.21. The number of hydrogen-bond acceptors (Lipinski definition) is 2. The molecule has 0 aliphatic carbocycles. The van der Waals surface area contributed by atoms with Crippen LogP contribution in [0.15, 0.2) is 24.5 Å². The van der Waals surface area contributed by atoms with Gasteiger partial charge in [0.2, 0.25) is 0 Å². The molecule has 4 nitrogen and oxygen atoms in total. The zero-order valence-corrected chi connectivity index (χ0v) is 9.98. The molecule has 1 aromatic heterocycles. The molecule has 1 atom stereocenters. The number of imidazole rings is 1. The van der Waals surface area contributed by atoms with Gasteiger partial charge in [-0.15, -0.1) is 0 Å². The van der Waals surface area contributed by atoms with Gasteiger partial charge in [0.05, 0.1) is 29.3 Å². The van der Waals surface area contributed by atoms with E-state index < -0.39 is 24.6 Å². The highest BCUT2D eigenvalue weighted by Gasteiger charge is 2.31. The van der Waals surface area contributed by atoms with Crippen LogP contribution in [-0.2, 0) is 0 Å². The lowest BCUT2D eigenvalue weighted by atomic mass is 10.1. The number of hydrogen-bond donors (Lipinski definition) is 1. The van der Waals surface area contributed by atoms with Crippen LogP contribution < -0.4 is 0 Å². The van der Waals surface area contributed by atoms with Crippen molar-refractivity contribution in [3.63, 3.8) is 0 Å². The van der Waals surface area contributed by atoms with Crippen molar-refractivity contribution in [2.24, 2.45) is 0 Å². The molecular formula is C12H11F3N2O2. The Bertz CT molecular complexity index is 619. The molecule has 0 amide bonds. The first kappa shape index (κ1) is 13.4. The number of alkyl halides is 3. The van der Waals surface area contributed by atoms with Crippen LogP contribution in [0.5, 0.6) is 0 Å². The minimum atomic E-state index is -4.31. The van der Waals surface area contributed by atoms with E-state index in [4.69, 9.17) is 5.11 Å². The lowest BCUT2D eigenvalue weighted by molar-refractivity contribution is -0.141. The second-order valence-corrected chi connectivity index (χ2v) is 4.30. The van der Waals surface area contributed by atoms with Gasteiger partial charge in [-0.3, -0.25) is 0 Å². The van der Waals surface area contributed by atoms with E-state index in [0.29, 0.717) is 5.52 Å². The average Bonchev–Trinajstić information content (AvgIpc) is 2.69. The minimum Gasteiger partial charge on any atom is -0.478 e. The van der Waals surface area contributed by atoms with Crippen LogP contribution in [0.1, 0.15) is 29.7 Å². The third-order valence-electron chi connectivity index (χ3n) is 2.83. The maximum atomic E-state index is 12.4. The van der Waals surface area contributed by atoms with Crippen molar-refractivity contribution < 1.29 is 23.1 Å². The molecule has 0 saturated carbocycles. The number of benzene rings is 1. The fourth-order valence-electron chi connectivity index (χ4n) is 2.03. The Hall–Kier alpha value is -2.05.